The zero-order chi connectivity index (χ0) is 7.66. The quantitative estimate of drug-likeness (QED) is 0.331. The highest BCUT2D eigenvalue weighted by Crippen LogP contribution is 1.74. The van der Waals surface area contributed by atoms with E-state index < -0.39 is 0 Å². The lowest BCUT2D eigenvalue weighted by atomic mass is 10.4. The average molecular weight is 138 g/mol. The summed E-state index contributed by atoms with van der Waals surface area (Å²) in [5, 5.41) is 1.94. The SMILES string of the molecule is C[NH2+]C=CC=CC=CC=O. The zero-order valence-corrected chi connectivity index (χ0v) is 6.03. The molecule has 0 aliphatic carbocycles. The molecule has 0 unspecified atom stereocenters. The Hall–Kier alpha value is -1.15. The Morgan fingerprint density at radius 3 is 2.20 bits per heavy atom. The number of aldehydes is 1. The molecule has 0 rings (SSSR count). The number of nitrogens with two attached hydrogens (primary N) is 1. The van der Waals surface area contributed by atoms with E-state index in [1.165, 1.54) is 6.08 Å². The molecule has 0 atom stereocenters. The molecule has 0 bridgehead atoms. The molecule has 0 amide bonds. The van der Waals surface area contributed by atoms with Crippen LogP contribution in [-0.4, -0.2) is 13.3 Å². The lowest BCUT2D eigenvalue weighted by Crippen LogP contribution is -2.72. The minimum absolute atomic E-state index is 0.750. The number of quaternary nitrogens is 1. The van der Waals surface area contributed by atoms with Gasteiger partial charge in [0, 0.05) is 0 Å². The summed E-state index contributed by atoms with van der Waals surface area (Å²) >= 11 is 0. The molecular formula is C8H12NO+. The molecule has 0 aromatic carbocycles. The summed E-state index contributed by atoms with van der Waals surface area (Å²) in [6.45, 7) is 0. The Bertz CT molecular complexity index is 157. The molecule has 0 heterocycles. The van der Waals surface area contributed by atoms with E-state index in [2.05, 4.69) is 0 Å². The first-order valence-electron chi connectivity index (χ1n) is 3.15. The first-order chi connectivity index (χ1) is 4.91. The number of carbonyl (C=O) groups is 1. The van der Waals surface area contributed by atoms with Gasteiger partial charge in [-0.2, -0.15) is 0 Å². The molecule has 0 saturated heterocycles. The van der Waals surface area contributed by atoms with Crippen LogP contribution in [0.5, 0.6) is 0 Å². The maximum absolute atomic E-state index is 9.75. The number of hydrogen-bond acceptors (Lipinski definition) is 1. The third kappa shape index (κ3) is 6.85. The zero-order valence-electron chi connectivity index (χ0n) is 6.03. The predicted octanol–water partition coefficient (Wildman–Crippen LogP) is 0.00460. The van der Waals surface area contributed by atoms with Gasteiger partial charge in [0.05, 0.1) is 13.2 Å². The molecule has 0 aliphatic rings. The summed E-state index contributed by atoms with van der Waals surface area (Å²) in [6, 6.07) is 0. The highest BCUT2D eigenvalue weighted by molar-refractivity contribution is 5.65. The van der Waals surface area contributed by atoms with Crippen molar-refractivity contribution < 1.29 is 10.1 Å². The van der Waals surface area contributed by atoms with Crippen LogP contribution < -0.4 is 5.32 Å². The Morgan fingerprint density at radius 1 is 1.00 bits per heavy atom. The number of allylic oxidation sites excluding steroid dienone is 5. The Morgan fingerprint density at radius 2 is 1.60 bits per heavy atom. The van der Waals surface area contributed by atoms with Crippen molar-refractivity contribution in [1.29, 1.82) is 0 Å². The second-order valence-electron chi connectivity index (χ2n) is 1.62. The lowest BCUT2D eigenvalue weighted by molar-refractivity contribution is -0.556. The highest BCUT2D eigenvalue weighted by atomic mass is 16.1. The molecule has 0 radical (unpaired) electrons. The van der Waals surface area contributed by atoms with E-state index in [0.717, 1.165) is 6.29 Å². The molecule has 54 valence electrons. The van der Waals surface area contributed by atoms with Crippen LogP contribution in [0.1, 0.15) is 0 Å². The standard InChI is InChI=1S/C8H11NO/c1-9-7-5-3-2-4-6-8-10/h2-9H,1H3/p+1. The number of rotatable bonds is 4. The van der Waals surface area contributed by atoms with Crippen LogP contribution in [0.15, 0.2) is 36.6 Å². The van der Waals surface area contributed by atoms with Crippen LogP contribution in [0.2, 0.25) is 0 Å². The summed E-state index contributed by atoms with van der Waals surface area (Å²) in [7, 11) is 1.95. The first-order valence-corrected chi connectivity index (χ1v) is 3.15. The fourth-order valence-corrected chi connectivity index (χ4v) is 0.413. The van der Waals surface area contributed by atoms with Crippen molar-refractivity contribution in [2.75, 3.05) is 7.05 Å². The molecule has 10 heavy (non-hydrogen) atoms. The van der Waals surface area contributed by atoms with Crippen LogP contribution in [0.3, 0.4) is 0 Å². The van der Waals surface area contributed by atoms with Gasteiger partial charge in [-0.1, -0.05) is 18.2 Å². The number of carbonyl (C=O) groups excluding carboxylic acids is 1. The first kappa shape index (κ1) is 8.85. The van der Waals surface area contributed by atoms with E-state index in [4.69, 9.17) is 0 Å². The normalized spacial score (nSPS) is 12.1. The molecule has 2 N–H and O–H groups in total. The van der Waals surface area contributed by atoms with Gasteiger partial charge in [0.25, 0.3) is 0 Å². The van der Waals surface area contributed by atoms with Gasteiger partial charge in [-0.05, 0) is 12.2 Å². The van der Waals surface area contributed by atoms with Crippen LogP contribution in [0.4, 0.5) is 0 Å². The molecule has 2 heteroatoms. The summed E-state index contributed by atoms with van der Waals surface area (Å²) in [6.07, 6.45) is 11.4. The summed E-state index contributed by atoms with van der Waals surface area (Å²) in [5.41, 5.74) is 0. The smallest absolute Gasteiger partial charge is 0.142 e. The third-order valence-corrected chi connectivity index (χ3v) is 0.827. The molecule has 0 aliphatic heterocycles. The van der Waals surface area contributed by atoms with Crippen molar-refractivity contribution in [3.8, 4) is 0 Å². The van der Waals surface area contributed by atoms with Crippen molar-refractivity contribution in [2.45, 2.75) is 0 Å². The minimum atomic E-state index is 0.750. The molecule has 0 aromatic heterocycles. The van der Waals surface area contributed by atoms with Gasteiger partial charge in [-0.25, -0.2) is 0 Å². The summed E-state index contributed by atoms with van der Waals surface area (Å²) < 4.78 is 0. The van der Waals surface area contributed by atoms with Gasteiger partial charge in [0.15, 0.2) is 0 Å². The van der Waals surface area contributed by atoms with Gasteiger partial charge >= 0.3 is 0 Å². The van der Waals surface area contributed by atoms with Crippen LogP contribution in [0, 0.1) is 0 Å². The van der Waals surface area contributed by atoms with E-state index in [0.29, 0.717) is 0 Å². The maximum Gasteiger partial charge on any atom is 0.142 e. The van der Waals surface area contributed by atoms with E-state index in [1.807, 2.05) is 30.7 Å². The molecule has 0 fully saturated rings. The topological polar surface area (TPSA) is 33.7 Å². The van der Waals surface area contributed by atoms with Crippen molar-refractivity contribution in [1.82, 2.24) is 0 Å². The van der Waals surface area contributed by atoms with Crippen molar-refractivity contribution >= 4 is 6.29 Å². The highest BCUT2D eigenvalue weighted by Gasteiger charge is 1.63. The predicted molar refractivity (Wildman–Crippen MR) is 41.3 cm³/mol. The second-order valence-corrected chi connectivity index (χ2v) is 1.62. The van der Waals surface area contributed by atoms with E-state index in [9.17, 15) is 4.79 Å². The monoisotopic (exact) mass is 138 g/mol. The Labute approximate surface area is 60.9 Å². The van der Waals surface area contributed by atoms with Gasteiger partial charge in [-0.15, -0.1) is 0 Å². The van der Waals surface area contributed by atoms with Crippen molar-refractivity contribution in [2.24, 2.45) is 0 Å². The maximum atomic E-state index is 9.75. The number of hydrogen-bond donors (Lipinski definition) is 1. The largest absolute Gasteiger partial charge is 0.322 e. The molecule has 0 spiro atoms. The third-order valence-electron chi connectivity index (χ3n) is 0.827. The summed E-state index contributed by atoms with van der Waals surface area (Å²) in [4.78, 5) is 9.75. The average Bonchev–Trinajstić information content (AvgIpc) is 1.97. The van der Waals surface area contributed by atoms with Gasteiger partial charge in [0.1, 0.15) is 6.29 Å². The van der Waals surface area contributed by atoms with E-state index >= 15 is 0 Å². The molecular weight excluding hydrogens is 126 g/mol. The van der Waals surface area contributed by atoms with Crippen LogP contribution >= 0.6 is 0 Å². The Kier molecular flexibility index (Phi) is 6.95. The van der Waals surface area contributed by atoms with E-state index in [-0.39, 0.29) is 0 Å². The Balaban J connectivity index is 3.46. The van der Waals surface area contributed by atoms with Gasteiger partial charge in [0.2, 0.25) is 0 Å². The minimum Gasteiger partial charge on any atom is -0.322 e. The fraction of sp³-hybridized carbons (Fsp3) is 0.125. The second kappa shape index (κ2) is 7.85. The van der Waals surface area contributed by atoms with Gasteiger partial charge in [-0.3, -0.25) is 4.79 Å². The van der Waals surface area contributed by atoms with E-state index in [1.54, 1.807) is 12.2 Å². The van der Waals surface area contributed by atoms with Gasteiger partial charge < -0.3 is 5.32 Å². The van der Waals surface area contributed by atoms with Crippen LogP contribution in [-0.2, 0) is 4.79 Å². The molecule has 0 saturated carbocycles. The van der Waals surface area contributed by atoms with Crippen LogP contribution in [0.25, 0.3) is 0 Å². The fourth-order valence-electron chi connectivity index (χ4n) is 0.413. The molecule has 0 aromatic rings. The molecule has 2 nitrogen and oxygen atoms in total. The van der Waals surface area contributed by atoms with Crippen molar-refractivity contribution in [3.05, 3.63) is 36.6 Å². The summed E-state index contributed by atoms with van der Waals surface area (Å²) in [5.74, 6) is 0. The lowest BCUT2D eigenvalue weighted by Gasteiger charge is -1.73. The van der Waals surface area contributed by atoms with Crippen molar-refractivity contribution in [3.63, 3.8) is 0 Å².